The SMILES string of the molecule is Cc1cc(-c2ccc(Nc3nc(Oc4ccccc4Cl)n(C(C)C)n3)cc2)ccn1. The van der Waals surface area contributed by atoms with Gasteiger partial charge in [-0.2, -0.15) is 4.98 Å². The molecule has 0 radical (unpaired) electrons. The van der Waals surface area contributed by atoms with Crippen LogP contribution in [0.5, 0.6) is 11.8 Å². The molecule has 0 unspecified atom stereocenters. The Labute approximate surface area is 180 Å². The van der Waals surface area contributed by atoms with E-state index in [2.05, 4.69) is 38.6 Å². The Kier molecular flexibility index (Phi) is 5.68. The number of pyridine rings is 1. The van der Waals surface area contributed by atoms with Gasteiger partial charge in [-0.1, -0.05) is 35.9 Å². The van der Waals surface area contributed by atoms with Gasteiger partial charge in [0.2, 0.25) is 5.95 Å². The van der Waals surface area contributed by atoms with Crippen LogP contribution in [0.15, 0.2) is 66.9 Å². The van der Waals surface area contributed by atoms with Crippen LogP contribution in [0.25, 0.3) is 11.1 Å². The molecule has 0 saturated heterocycles. The van der Waals surface area contributed by atoms with Crippen molar-refractivity contribution in [2.75, 3.05) is 5.32 Å². The van der Waals surface area contributed by atoms with Crippen molar-refractivity contribution in [2.24, 2.45) is 0 Å². The zero-order valence-corrected chi connectivity index (χ0v) is 17.8. The van der Waals surface area contributed by atoms with Gasteiger partial charge < -0.3 is 10.1 Å². The molecule has 4 rings (SSSR count). The molecule has 4 aromatic rings. The van der Waals surface area contributed by atoms with Crippen molar-refractivity contribution in [3.05, 3.63) is 77.6 Å². The first-order chi connectivity index (χ1) is 14.5. The predicted octanol–water partition coefficient (Wildman–Crippen LogP) is 6.42. The zero-order valence-electron chi connectivity index (χ0n) is 17.0. The lowest BCUT2D eigenvalue weighted by molar-refractivity contribution is 0.376. The van der Waals surface area contributed by atoms with Crippen molar-refractivity contribution >= 4 is 23.2 Å². The molecule has 2 heterocycles. The van der Waals surface area contributed by atoms with Gasteiger partial charge in [0.1, 0.15) is 5.75 Å². The number of nitrogens with one attached hydrogen (secondary N) is 1. The van der Waals surface area contributed by atoms with E-state index in [0.29, 0.717) is 22.7 Å². The van der Waals surface area contributed by atoms with Crippen LogP contribution in [-0.2, 0) is 0 Å². The standard InChI is InChI=1S/C23H22ClN5O/c1-15(2)29-23(30-21-7-5-4-6-20(21)24)27-22(28-29)26-19-10-8-17(9-11-19)18-12-13-25-16(3)14-18/h4-15H,1-3H3,(H,26,28). The number of aromatic nitrogens is 4. The molecule has 0 aliphatic heterocycles. The fourth-order valence-electron chi connectivity index (χ4n) is 2.99. The van der Waals surface area contributed by atoms with E-state index in [1.54, 1.807) is 16.8 Å². The van der Waals surface area contributed by atoms with Gasteiger partial charge in [-0.15, -0.1) is 5.10 Å². The molecular weight excluding hydrogens is 398 g/mol. The number of hydrogen-bond donors (Lipinski definition) is 1. The topological polar surface area (TPSA) is 64.9 Å². The Balaban J connectivity index is 1.55. The number of ether oxygens (including phenoxy) is 1. The molecule has 7 heteroatoms. The summed E-state index contributed by atoms with van der Waals surface area (Å²) in [7, 11) is 0. The highest BCUT2D eigenvalue weighted by molar-refractivity contribution is 6.32. The van der Waals surface area contributed by atoms with Crippen LogP contribution >= 0.6 is 11.6 Å². The Morgan fingerprint density at radius 2 is 1.77 bits per heavy atom. The number of anilines is 2. The van der Waals surface area contributed by atoms with Crippen LogP contribution in [0.1, 0.15) is 25.6 Å². The molecule has 0 bridgehead atoms. The second-order valence-electron chi connectivity index (χ2n) is 7.18. The van der Waals surface area contributed by atoms with Gasteiger partial charge in [-0.25, -0.2) is 4.68 Å². The second-order valence-corrected chi connectivity index (χ2v) is 7.58. The molecule has 152 valence electrons. The van der Waals surface area contributed by atoms with Gasteiger partial charge in [0.25, 0.3) is 0 Å². The van der Waals surface area contributed by atoms with Crippen LogP contribution in [-0.4, -0.2) is 19.7 Å². The number of para-hydroxylation sites is 1. The quantitative estimate of drug-likeness (QED) is 0.390. The first kappa shape index (κ1) is 19.9. The maximum atomic E-state index is 6.22. The van der Waals surface area contributed by atoms with E-state index < -0.39 is 0 Å². The van der Waals surface area contributed by atoms with Crippen molar-refractivity contribution in [1.82, 2.24) is 19.7 Å². The summed E-state index contributed by atoms with van der Waals surface area (Å²) in [6.45, 7) is 6.02. The number of aryl methyl sites for hydroxylation is 1. The number of halogens is 1. The fraction of sp³-hybridized carbons (Fsp3) is 0.174. The third-order valence-corrected chi connectivity index (χ3v) is 4.81. The molecule has 0 spiro atoms. The number of hydrogen-bond acceptors (Lipinski definition) is 5. The average molecular weight is 420 g/mol. The van der Waals surface area contributed by atoms with E-state index in [9.17, 15) is 0 Å². The molecule has 2 aromatic carbocycles. The molecule has 0 atom stereocenters. The number of nitrogens with zero attached hydrogens (tertiary/aromatic N) is 4. The Morgan fingerprint density at radius 3 is 2.47 bits per heavy atom. The molecule has 6 nitrogen and oxygen atoms in total. The van der Waals surface area contributed by atoms with Crippen molar-refractivity contribution in [3.63, 3.8) is 0 Å². The number of benzene rings is 2. The molecule has 0 aliphatic rings. The summed E-state index contributed by atoms with van der Waals surface area (Å²) in [6, 6.07) is 19.9. The van der Waals surface area contributed by atoms with Crippen molar-refractivity contribution in [1.29, 1.82) is 0 Å². The number of rotatable bonds is 6. The van der Waals surface area contributed by atoms with Crippen molar-refractivity contribution < 1.29 is 4.74 Å². The highest BCUT2D eigenvalue weighted by Crippen LogP contribution is 2.30. The molecule has 2 aromatic heterocycles. The van der Waals surface area contributed by atoms with Gasteiger partial charge in [0.05, 0.1) is 11.1 Å². The predicted molar refractivity (Wildman–Crippen MR) is 120 cm³/mol. The first-order valence-electron chi connectivity index (χ1n) is 9.68. The Bertz CT molecular complexity index is 1150. The molecule has 0 fully saturated rings. The van der Waals surface area contributed by atoms with Crippen LogP contribution in [0.4, 0.5) is 11.6 Å². The average Bonchev–Trinajstić information content (AvgIpc) is 3.13. The van der Waals surface area contributed by atoms with E-state index in [1.807, 2.05) is 57.3 Å². The van der Waals surface area contributed by atoms with Gasteiger partial charge in [-0.3, -0.25) is 4.98 Å². The van der Waals surface area contributed by atoms with Gasteiger partial charge >= 0.3 is 6.01 Å². The summed E-state index contributed by atoms with van der Waals surface area (Å²) in [4.78, 5) is 8.75. The summed E-state index contributed by atoms with van der Waals surface area (Å²) in [5.41, 5.74) is 4.13. The van der Waals surface area contributed by atoms with E-state index in [0.717, 1.165) is 22.5 Å². The summed E-state index contributed by atoms with van der Waals surface area (Å²) < 4.78 is 7.64. The highest BCUT2D eigenvalue weighted by atomic mass is 35.5. The van der Waals surface area contributed by atoms with Crippen LogP contribution in [0.2, 0.25) is 5.02 Å². The molecule has 0 saturated carbocycles. The summed E-state index contributed by atoms with van der Waals surface area (Å²) >= 11 is 6.22. The van der Waals surface area contributed by atoms with Gasteiger partial charge in [-0.05, 0) is 68.3 Å². The third-order valence-electron chi connectivity index (χ3n) is 4.50. The lowest BCUT2D eigenvalue weighted by Crippen LogP contribution is -2.05. The Morgan fingerprint density at radius 1 is 1.00 bits per heavy atom. The third kappa shape index (κ3) is 4.44. The highest BCUT2D eigenvalue weighted by Gasteiger charge is 2.16. The monoisotopic (exact) mass is 419 g/mol. The zero-order chi connectivity index (χ0) is 21.1. The van der Waals surface area contributed by atoms with Gasteiger partial charge in [0, 0.05) is 17.6 Å². The lowest BCUT2D eigenvalue weighted by atomic mass is 10.1. The largest absolute Gasteiger partial charge is 0.423 e. The molecule has 0 aliphatic carbocycles. The normalized spacial score (nSPS) is 11.0. The van der Waals surface area contributed by atoms with Crippen molar-refractivity contribution in [2.45, 2.75) is 26.8 Å². The molecule has 0 amide bonds. The van der Waals surface area contributed by atoms with Crippen molar-refractivity contribution in [3.8, 4) is 22.9 Å². The van der Waals surface area contributed by atoms with Crippen LogP contribution in [0, 0.1) is 6.92 Å². The smallest absolute Gasteiger partial charge is 0.322 e. The molecular formula is C23H22ClN5O. The van der Waals surface area contributed by atoms with Crippen LogP contribution < -0.4 is 10.1 Å². The summed E-state index contributed by atoms with van der Waals surface area (Å²) in [6.07, 6.45) is 1.82. The van der Waals surface area contributed by atoms with E-state index in [4.69, 9.17) is 16.3 Å². The summed E-state index contributed by atoms with van der Waals surface area (Å²) in [5, 5.41) is 8.30. The fourth-order valence-corrected chi connectivity index (χ4v) is 3.17. The second kappa shape index (κ2) is 8.55. The van der Waals surface area contributed by atoms with Crippen LogP contribution in [0.3, 0.4) is 0 Å². The minimum absolute atomic E-state index is 0.0721. The minimum Gasteiger partial charge on any atom is -0.423 e. The van der Waals surface area contributed by atoms with E-state index >= 15 is 0 Å². The lowest BCUT2D eigenvalue weighted by Gasteiger charge is -2.10. The molecule has 30 heavy (non-hydrogen) atoms. The maximum absolute atomic E-state index is 6.22. The molecule has 1 N–H and O–H groups in total. The minimum atomic E-state index is 0.0721. The maximum Gasteiger partial charge on any atom is 0.322 e. The van der Waals surface area contributed by atoms with E-state index in [1.165, 1.54) is 0 Å². The Hall–Kier alpha value is -3.38. The summed E-state index contributed by atoms with van der Waals surface area (Å²) in [5.74, 6) is 0.996. The first-order valence-corrected chi connectivity index (χ1v) is 10.1. The van der Waals surface area contributed by atoms with E-state index in [-0.39, 0.29) is 6.04 Å². The van der Waals surface area contributed by atoms with Gasteiger partial charge in [0.15, 0.2) is 0 Å².